The van der Waals surface area contributed by atoms with Crippen LogP contribution in [0.2, 0.25) is 0 Å². The number of primary amides is 1. The lowest BCUT2D eigenvalue weighted by Gasteiger charge is -2.11. The standard InChI is InChI=1S/C7H6F3N3O3/c8-7(9,10)16-6-4(14)2(11)1-3(13-6)5(12)15/h1,14H,(H2,11,13)(H2,12,15). The zero-order chi connectivity index (χ0) is 12.5. The van der Waals surface area contributed by atoms with Crippen LogP contribution in [-0.4, -0.2) is 22.4 Å². The number of rotatable bonds is 2. The zero-order valence-corrected chi connectivity index (χ0v) is 7.58. The minimum absolute atomic E-state index is 0.497. The fourth-order valence-electron chi connectivity index (χ4n) is 0.841. The number of carbonyl (C=O) groups excluding carboxylic acids is 1. The van der Waals surface area contributed by atoms with Crippen LogP contribution in [-0.2, 0) is 0 Å². The predicted octanol–water partition coefficient (Wildman–Crippen LogP) is 0.367. The fraction of sp³-hybridized carbons (Fsp3) is 0.143. The molecule has 0 aliphatic heterocycles. The van der Waals surface area contributed by atoms with E-state index >= 15 is 0 Å². The molecule has 1 aromatic rings. The molecule has 0 aliphatic carbocycles. The normalized spacial score (nSPS) is 11.2. The molecule has 1 amide bonds. The topological polar surface area (TPSA) is 111 Å². The lowest BCUT2D eigenvalue weighted by molar-refractivity contribution is -0.276. The third kappa shape index (κ3) is 2.65. The van der Waals surface area contributed by atoms with Gasteiger partial charge in [0.15, 0.2) is 0 Å². The first-order chi connectivity index (χ1) is 7.20. The van der Waals surface area contributed by atoms with Crippen molar-refractivity contribution in [2.75, 3.05) is 5.73 Å². The van der Waals surface area contributed by atoms with Crippen LogP contribution in [0.4, 0.5) is 18.9 Å². The van der Waals surface area contributed by atoms with Gasteiger partial charge in [0.2, 0.25) is 5.75 Å². The smallest absolute Gasteiger partial charge is 0.502 e. The summed E-state index contributed by atoms with van der Waals surface area (Å²) in [4.78, 5) is 13.7. The molecule has 16 heavy (non-hydrogen) atoms. The van der Waals surface area contributed by atoms with E-state index in [1.54, 1.807) is 0 Å². The molecule has 0 unspecified atom stereocenters. The highest BCUT2D eigenvalue weighted by Gasteiger charge is 2.34. The second kappa shape index (κ2) is 3.76. The number of nitrogen functional groups attached to an aromatic ring is 1. The zero-order valence-electron chi connectivity index (χ0n) is 7.58. The number of hydrogen-bond donors (Lipinski definition) is 3. The molecular weight excluding hydrogens is 231 g/mol. The molecule has 0 bridgehead atoms. The van der Waals surface area contributed by atoms with Crippen LogP contribution in [0.1, 0.15) is 10.5 Å². The Bertz CT molecular complexity index is 433. The summed E-state index contributed by atoms with van der Waals surface area (Å²) in [5.41, 5.74) is 8.88. The first-order valence-corrected chi connectivity index (χ1v) is 3.75. The largest absolute Gasteiger partial charge is 0.574 e. The van der Waals surface area contributed by atoms with E-state index in [1.807, 2.05) is 0 Å². The predicted molar refractivity (Wildman–Crippen MR) is 45.5 cm³/mol. The number of nitrogens with two attached hydrogens (primary N) is 2. The average molecular weight is 237 g/mol. The number of pyridine rings is 1. The lowest BCUT2D eigenvalue weighted by Crippen LogP contribution is -2.20. The quantitative estimate of drug-likeness (QED) is 0.687. The van der Waals surface area contributed by atoms with Gasteiger partial charge in [-0.05, 0) is 6.07 Å². The number of halogens is 3. The van der Waals surface area contributed by atoms with Crippen molar-refractivity contribution in [1.29, 1.82) is 0 Å². The molecule has 0 spiro atoms. The first kappa shape index (κ1) is 11.9. The van der Waals surface area contributed by atoms with Gasteiger partial charge in [-0.3, -0.25) is 4.79 Å². The Morgan fingerprint density at radius 2 is 2.06 bits per heavy atom. The SMILES string of the molecule is NC(=O)c1cc(N)c(O)c(OC(F)(F)F)n1. The van der Waals surface area contributed by atoms with Gasteiger partial charge in [-0.1, -0.05) is 0 Å². The van der Waals surface area contributed by atoms with E-state index in [2.05, 4.69) is 9.72 Å². The number of anilines is 1. The molecule has 6 nitrogen and oxygen atoms in total. The minimum atomic E-state index is -5.06. The Labute approximate surface area is 86.6 Å². The molecule has 0 saturated carbocycles. The number of nitrogens with zero attached hydrogens (tertiary/aromatic N) is 1. The van der Waals surface area contributed by atoms with Crippen molar-refractivity contribution in [2.24, 2.45) is 5.73 Å². The first-order valence-electron chi connectivity index (χ1n) is 3.75. The Kier molecular flexibility index (Phi) is 2.79. The summed E-state index contributed by atoms with van der Waals surface area (Å²) in [6.45, 7) is 0. The Morgan fingerprint density at radius 1 is 1.50 bits per heavy atom. The van der Waals surface area contributed by atoms with Crippen LogP contribution < -0.4 is 16.2 Å². The highest BCUT2D eigenvalue weighted by Crippen LogP contribution is 2.34. The molecule has 0 radical (unpaired) electrons. The van der Waals surface area contributed by atoms with E-state index < -0.39 is 35.3 Å². The number of ether oxygens (including phenoxy) is 1. The third-order valence-corrected chi connectivity index (χ3v) is 1.46. The van der Waals surface area contributed by atoms with Crippen molar-refractivity contribution in [3.8, 4) is 11.6 Å². The van der Waals surface area contributed by atoms with Crippen molar-refractivity contribution in [3.05, 3.63) is 11.8 Å². The van der Waals surface area contributed by atoms with E-state index in [9.17, 15) is 18.0 Å². The molecule has 0 atom stereocenters. The van der Waals surface area contributed by atoms with Gasteiger partial charge in [0, 0.05) is 0 Å². The van der Waals surface area contributed by atoms with Gasteiger partial charge in [-0.2, -0.15) is 0 Å². The molecule has 0 aromatic carbocycles. The Hall–Kier alpha value is -2.19. The number of hydrogen-bond acceptors (Lipinski definition) is 5. The molecule has 0 aliphatic rings. The van der Waals surface area contributed by atoms with E-state index in [0.29, 0.717) is 0 Å². The molecule has 9 heteroatoms. The van der Waals surface area contributed by atoms with Crippen LogP contribution in [0.25, 0.3) is 0 Å². The van der Waals surface area contributed by atoms with Crippen molar-refractivity contribution in [2.45, 2.75) is 6.36 Å². The Morgan fingerprint density at radius 3 is 2.50 bits per heavy atom. The Balaban J connectivity index is 3.22. The van der Waals surface area contributed by atoms with Gasteiger partial charge in [0.25, 0.3) is 11.8 Å². The van der Waals surface area contributed by atoms with E-state index in [-0.39, 0.29) is 0 Å². The molecule has 1 aromatic heterocycles. The van der Waals surface area contributed by atoms with Crippen molar-refractivity contribution in [3.63, 3.8) is 0 Å². The molecule has 0 saturated heterocycles. The summed E-state index contributed by atoms with van der Waals surface area (Å²) >= 11 is 0. The molecule has 1 rings (SSSR count). The molecule has 88 valence electrons. The summed E-state index contributed by atoms with van der Waals surface area (Å²) in [7, 11) is 0. The van der Waals surface area contributed by atoms with Crippen LogP contribution in [0.15, 0.2) is 6.07 Å². The number of aromatic hydroxyl groups is 1. The molecular formula is C7H6F3N3O3. The lowest BCUT2D eigenvalue weighted by atomic mass is 10.3. The summed E-state index contributed by atoms with van der Waals surface area (Å²) in [6.07, 6.45) is -5.06. The number of amides is 1. The number of carbonyl (C=O) groups is 1. The number of aromatic nitrogens is 1. The second-order valence-electron chi connectivity index (χ2n) is 2.66. The van der Waals surface area contributed by atoms with E-state index in [1.165, 1.54) is 0 Å². The van der Waals surface area contributed by atoms with E-state index in [0.717, 1.165) is 6.07 Å². The van der Waals surface area contributed by atoms with Crippen LogP contribution >= 0.6 is 0 Å². The fourth-order valence-corrected chi connectivity index (χ4v) is 0.841. The van der Waals surface area contributed by atoms with Gasteiger partial charge in [-0.25, -0.2) is 4.98 Å². The van der Waals surface area contributed by atoms with Crippen molar-refractivity contribution in [1.82, 2.24) is 4.98 Å². The van der Waals surface area contributed by atoms with Gasteiger partial charge < -0.3 is 21.3 Å². The van der Waals surface area contributed by atoms with E-state index in [4.69, 9.17) is 16.6 Å². The highest BCUT2D eigenvalue weighted by atomic mass is 19.4. The molecule has 0 fully saturated rings. The summed E-state index contributed by atoms with van der Waals surface area (Å²) in [6, 6.07) is 0.834. The second-order valence-corrected chi connectivity index (χ2v) is 2.66. The molecule has 5 N–H and O–H groups in total. The summed E-state index contributed by atoms with van der Waals surface area (Å²) in [5.74, 6) is -3.33. The van der Waals surface area contributed by atoms with Gasteiger partial charge in [-0.15, -0.1) is 13.2 Å². The maximum atomic E-state index is 11.9. The highest BCUT2D eigenvalue weighted by molar-refractivity contribution is 5.92. The maximum Gasteiger partial charge on any atom is 0.574 e. The monoisotopic (exact) mass is 237 g/mol. The minimum Gasteiger partial charge on any atom is -0.502 e. The van der Waals surface area contributed by atoms with Gasteiger partial charge in [0.1, 0.15) is 5.69 Å². The summed E-state index contributed by atoms with van der Waals surface area (Å²) < 4.78 is 38.9. The average Bonchev–Trinajstić information content (AvgIpc) is 2.10. The summed E-state index contributed by atoms with van der Waals surface area (Å²) in [5, 5.41) is 9.10. The van der Waals surface area contributed by atoms with Gasteiger partial charge >= 0.3 is 6.36 Å². The maximum absolute atomic E-state index is 11.9. The number of alkyl halides is 3. The third-order valence-electron chi connectivity index (χ3n) is 1.46. The van der Waals surface area contributed by atoms with Crippen molar-refractivity contribution < 1.29 is 27.8 Å². The van der Waals surface area contributed by atoms with Crippen molar-refractivity contribution >= 4 is 11.6 Å². The van der Waals surface area contributed by atoms with Crippen LogP contribution in [0.5, 0.6) is 11.6 Å². The van der Waals surface area contributed by atoms with Gasteiger partial charge in [0.05, 0.1) is 5.69 Å². The van der Waals surface area contributed by atoms with Crippen LogP contribution in [0, 0.1) is 0 Å². The van der Waals surface area contributed by atoms with Crippen LogP contribution in [0.3, 0.4) is 0 Å². The molecule has 1 heterocycles.